The van der Waals surface area contributed by atoms with Crippen LogP contribution in [0.5, 0.6) is 0 Å². The van der Waals surface area contributed by atoms with Crippen LogP contribution in [0.2, 0.25) is 0 Å². The molecule has 1 saturated heterocycles. The fraction of sp³-hybridized carbons (Fsp3) is 0.607. The molecule has 38 heavy (non-hydrogen) atoms. The molecule has 214 valence electrons. The molecule has 1 amide bonds. The van der Waals surface area contributed by atoms with Gasteiger partial charge in [0.05, 0.1) is 4.90 Å². The summed E-state index contributed by atoms with van der Waals surface area (Å²) in [4.78, 5) is 18.7. The first-order valence-corrected chi connectivity index (χ1v) is 14.9. The predicted octanol–water partition coefficient (Wildman–Crippen LogP) is 3.45. The van der Waals surface area contributed by atoms with Gasteiger partial charge in [-0.2, -0.15) is 0 Å². The summed E-state index contributed by atoms with van der Waals surface area (Å²) in [6, 6.07) is 5.33. The first-order chi connectivity index (χ1) is 17.9. The fourth-order valence-corrected chi connectivity index (χ4v) is 5.81. The van der Waals surface area contributed by atoms with Crippen molar-refractivity contribution in [2.24, 2.45) is 0 Å². The average molecular weight is 550 g/mol. The molecule has 0 bridgehead atoms. The Bertz CT molecular complexity index is 1060. The van der Waals surface area contributed by atoms with E-state index in [1.54, 1.807) is 18.2 Å². The average Bonchev–Trinajstić information content (AvgIpc) is 2.84. The van der Waals surface area contributed by atoms with Crippen molar-refractivity contribution >= 4 is 27.9 Å². The molecule has 10 heteroatoms. The number of nitrogens with one attached hydrogen (secondary N) is 2. The van der Waals surface area contributed by atoms with E-state index in [0.29, 0.717) is 18.7 Å². The molecule has 1 fully saturated rings. The van der Waals surface area contributed by atoms with Gasteiger partial charge in [0.1, 0.15) is 5.60 Å². The Labute approximate surface area is 229 Å². The summed E-state index contributed by atoms with van der Waals surface area (Å²) in [5.74, 6) is 0. The molecule has 1 aliphatic rings. The topological polar surface area (TPSA) is 94.2 Å². The van der Waals surface area contributed by atoms with E-state index in [-0.39, 0.29) is 11.0 Å². The maximum Gasteiger partial charge on any atom is 0.407 e. The molecule has 0 atom stereocenters. The van der Waals surface area contributed by atoms with Crippen molar-refractivity contribution in [2.75, 3.05) is 66.5 Å². The van der Waals surface area contributed by atoms with Gasteiger partial charge in [0.15, 0.2) is 0 Å². The number of hydrogen-bond acceptors (Lipinski definition) is 7. The molecule has 1 aliphatic heterocycles. The molecule has 0 aromatic heterocycles. The summed E-state index contributed by atoms with van der Waals surface area (Å²) >= 11 is 0. The SMILES string of the molecule is C=Cc1c(/C(=C\C)N(C)C)cccc1S(=O)(=O)NCCCN1CCN(CCCNC(=O)OC(C)(C)C)CC1. The number of alkyl carbamates (subject to hydrolysis) is 1. The molecular formula is C28H47N5O4S. The monoisotopic (exact) mass is 549 g/mol. The lowest BCUT2D eigenvalue weighted by Crippen LogP contribution is -2.47. The zero-order chi connectivity index (χ0) is 28.3. The summed E-state index contributed by atoms with van der Waals surface area (Å²) in [5.41, 5.74) is 1.91. The van der Waals surface area contributed by atoms with Crippen molar-refractivity contribution in [3.63, 3.8) is 0 Å². The summed E-state index contributed by atoms with van der Waals surface area (Å²) in [7, 11) is 0.205. The number of sulfonamides is 1. The van der Waals surface area contributed by atoms with Gasteiger partial charge in [-0.05, 0) is 59.7 Å². The van der Waals surface area contributed by atoms with Crippen molar-refractivity contribution < 1.29 is 17.9 Å². The smallest absolute Gasteiger partial charge is 0.407 e. The van der Waals surface area contributed by atoms with Crippen LogP contribution in [0.4, 0.5) is 4.79 Å². The number of benzene rings is 1. The Morgan fingerprint density at radius 3 is 2.16 bits per heavy atom. The van der Waals surface area contributed by atoms with Crippen LogP contribution in [0, 0.1) is 0 Å². The van der Waals surface area contributed by atoms with Crippen molar-refractivity contribution in [1.82, 2.24) is 24.7 Å². The van der Waals surface area contributed by atoms with E-state index < -0.39 is 15.6 Å². The van der Waals surface area contributed by atoms with Gasteiger partial charge < -0.3 is 24.8 Å². The van der Waals surface area contributed by atoms with Crippen LogP contribution in [-0.4, -0.2) is 101 Å². The van der Waals surface area contributed by atoms with Gasteiger partial charge in [0, 0.05) is 70.2 Å². The molecule has 2 rings (SSSR count). The number of carbonyl (C=O) groups is 1. The third kappa shape index (κ3) is 10.1. The summed E-state index contributed by atoms with van der Waals surface area (Å²) < 4.78 is 34.3. The molecule has 0 spiro atoms. The van der Waals surface area contributed by atoms with E-state index in [4.69, 9.17) is 4.74 Å². The lowest BCUT2D eigenvalue weighted by atomic mass is 10.0. The molecule has 9 nitrogen and oxygen atoms in total. The molecule has 0 aliphatic carbocycles. The van der Waals surface area contributed by atoms with Gasteiger partial charge >= 0.3 is 6.09 Å². The van der Waals surface area contributed by atoms with Gasteiger partial charge in [-0.15, -0.1) is 0 Å². The van der Waals surface area contributed by atoms with E-state index in [1.807, 2.05) is 58.8 Å². The molecule has 0 radical (unpaired) electrons. The number of rotatable bonds is 13. The lowest BCUT2D eigenvalue weighted by Gasteiger charge is -2.34. The van der Waals surface area contributed by atoms with E-state index in [9.17, 15) is 13.2 Å². The molecule has 0 saturated carbocycles. The quantitative estimate of drug-likeness (QED) is 0.364. The van der Waals surface area contributed by atoms with Crippen LogP contribution >= 0.6 is 0 Å². The number of allylic oxidation sites excluding steroid dienone is 1. The summed E-state index contributed by atoms with van der Waals surface area (Å²) in [5, 5.41) is 2.80. The highest BCUT2D eigenvalue weighted by molar-refractivity contribution is 7.89. The maximum absolute atomic E-state index is 13.1. The van der Waals surface area contributed by atoms with Crippen molar-refractivity contribution in [3.8, 4) is 0 Å². The van der Waals surface area contributed by atoms with Crippen LogP contribution in [0.1, 0.15) is 51.7 Å². The standard InChI is InChI=1S/C28H47N5O4S/c1-8-23-24(25(9-2)31(6)7)13-10-14-26(23)38(35,36)30-16-12-18-33-21-19-32(20-22-33)17-11-15-29-27(34)37-28(3,4)5/h8-10,13-14,30H,1,11-12,15-22H2,2-7H3,(H,29,34)/b25-9+. The second kappa shape index (κ2) is 14.7. The molecule has 0 unspecified atom stereocenters. The van der Waals surface area contributed by atoms with E-state index in [1.165, 1.54) is 0 Å². The van der Waals surface area contributed by atoms with Crippen molar-refractivity contribution in [1.29, 1.82) is 0 Å². The number of hydrogen-bond donors (Lipinski definition) is 2. The van der Waals surface area contributed by atoms with Gasteiger partial charge in [-0.25, -0.2) is 17.9 Å². The van der Waals surface area contributed by atoms with Crippen molar-refractivity contribution in [2.45, 2.75) is 51.0 Å². The number of nitrogens with zero attached hydrogens (tertiary/aromatic N) is 3. The summed E-state index contributed by atoms with van der Waals surface area (Å²) in [6.45, 7) is 17.9. The van der Waals surface area contributed by atoms with Crippen LogP contribution in [0.15, 0.2) is 35.7 Å². The highest BCUT2D eigenvalue weighted by Crippen LogP contribution is 2.27. The first-order valence-electron chi connectivity index (χ1n) is 13.4. The minimum atomic E-state index is -3.67. The molecule has 1 heterocycles. The second-order valence-electron chi connectivity index (χ2n) is 10.7. The predicted molar refractivity (Wildman–Crippen MR) is 155 cm³/mol. The molecule has 1 aromatic rings. The van der Waals surface area contributed by atoms with E-state index >= 15 is 0 Å². The van der Waals surface area contributed by atoms with Gasteiger partial charge in [-0.3, -0.25) is 0 Å². The Kier molecular flexibility index (Phi) is 12.3. The van der Waals surface area contributed by atoms with E-state index in [0.717, 1.165) is 63.4 Å². The fourth-order valence-electron chi connectivity index (χ4n) is 4.50. The number of piperazine rings is 1. The minimum absolute atomic E-state index is 0.251. The third-order valence-electron chi connectivity index (χ3n) is 6.32. The molecule has 2 N–H and O–H groups in total. The van der Waals surface area contributed by atoms with Crippen LogP contribution in [-0.2, 0) is 14.8 Å². The number of amides is 1. The van der Waals surface area contributed by atoms with Gasteiger partial charge in [0.2, 0.25) is 10.0 Å². The van der Waals surface area contributed by atoms with Gasteiger partial charge in [-0.1, -0.05) is 30.9 Å². The Hall–Kier alpha value is -2.40. The first kappa shape index (κ1) is 31.8. The van der Waals surface area contributed by atoms with E-state index in [2.05, 4.69) is 26.4 Å². The lowest BCUT2D eigenvalue weighted by molar-refractivity contribution is 0.0524. The summed E-state index contributed by atoms with van der Waals surface area (Å²) in [6.07, 6.45) is 4.82. The second-order valence-corrected chi connectivity index (χ2v) is 12.4. The van der Waals surface area contributed by atoms with Crippen molar-refractivity contribution in [3.05, 3.63) is 42.0 Å². The Balaban J connectivity index is 1.75. The van der Waals surface area contributed by atoms with Gasteiger partial charge in [0.25, 0.3) is 0 Å². The van der Waals surface area contributed by atoms with Crippen LogP contribution in [0.3, 0.4) is 0 Å². The van der Waals surface area contributed by atoms with Crippen LogP contribution in [0.25, 0.3) is 11.8 Å². The largest absolute Gasteiger partial charge is 0.444 e. The maximum atomic E-state index is 13.1. The number of carbonyl (C=O) groups excluding carboxylic acids is 1. The highest BCUT2D eigenvalue weighted by Gasteiger charge is 2.22. The molecular weight excluding hydrogens is 502 g/mol. The Morgan fingerprint density at radius 1 is 1.08 bits per heavy atom. The van der Waals surface area contributed by atoms with Crippen LogP contribution < -0.4 is 10.0 Å². The zero-order valence-corrected chi connectivity index (χ0v) is 24.9. The number of ether oxygens (including phenoxy) is 1. The molecule has 1 aromatic carbocycles. The normalized spacial score (nSPS) is 15.8. The zero-order valence-electron chi connectivity index (χ0n) is 24.0. The minimum Gasteiger partial charge on any atom is -0.444 e. The highest BCUT2D eigenvalue weighted by atomic mass is 32.2. The third-order valence-corrected chi connectivity index (χ3v) is 7.84. The Morgan fingerprint density at radius 2 is 1.66 bits per heavy atom.